The topological polar surface area (TPSA) is 36.3 Å². The molecule has 0 bridgehead atoms. The quantitative estimate of drug-likeness (QED) is 0.623. The summed E-state index contributed by atoms with van der Waals surface area (Å²) in [6.45, 7) is 5.43. The number of piperazine rings is 1. The normalized spacial score (nSPS) is 14.7. The Kier molecular flexibility index (Phi) is 6.44. The maximum atomic E-state index is 6.09. The van der Waals surface area contributed by atoms with Gasteiger partial charge in [-0.15, -0.1) is 0 Å². The molecule has 0 atom stereocenters. The van der Waals surface area contributed by atoms with E-state index in [1.54, 1.807) is 0 Å². The van der Waals surface area contributed by atoms with Crippen LogP contribution in [0.25, 0.3) is 0 Å². The van der Waals surface area contributed by atoms with Crippen molar-refractivity contribution >= 4 is 34.6 Å². The molecule has 0 aliphatic carbocycles. The molecule has 150 valence electrons. The highest BCUT2D eigenvalue weighted by Gasteiger charge is 2.19. The third kappa shape index (κ3) is 5.56. The van der Waals surface area contributed by atoms with Crippen LogP contribution >= 0.6 is 23.8 Å². The largest absolute Gasteiger partial charge is 0.346 e. The number of nitrogens with zero attached hydrogens (tertiary/aromatic N) is 4. The molecule has 0 radical (unpaired) electrons. The Morgan fingerprint density at radius 3 is 2.48 bits per heavy atom. The molecule has 1 N–H and O–H groups in total. The van der Waals surface area contributed by atoms with Crippen LogP contribution in [0.5, 0.6) is 0 Å². The molecular formula is C22H24ClN5S. The first kappa shape index (κ1) is 19.9. The Hall–Kier alpha value is -2.41. The van der Waals surface area contributed by atoms with E-state index < -0.39 is 0 Å². The molecule has 29 heavy (non-hydrogen) atoms. The molecule has 0 amide bonds. The highest BCUT2D eigenvalue weighted by atomic mass is 35.5. The first-order chi connectivity index (χ1) is 14.2. The van der Waals surface area contributed by atoms with E-state index in [1.165, 1.54) is 11.1 Å². The molecule has 1 saturated heterocycles. The Bertz CT molecular complexity index is 951. The maximum absolute atomic E-state index is 6.09. The lowest BCUT2D eigenvalue weighted by Crippen LogP contribution is -2.49. The first-order valence-corrected chi connectivity index (χ1v) is 10.5. The summed E-state index contributed by atoms with van der Waals surface area (Å²) in [6.07, 6.45) is 3.82. The van der Waals surface area contributed by atoms with Gasteiger partial charge in [-0.1, -0.05) is 54.1 Å². The van der Waals surface area contributed by atoms with Crippen molar-refractivity contribution in [2.45, 2.75) is 13.1 Å². The summed E-state index contributed by atoms with van der Waals surface area (Å²) in [6, 6.07) is 18.4. The van der Waals surface area contributed by atoms with Gasteiger partial charge in [0.2, 0.25) is 0 Å². The highest BCUT2D eigenvalue weighted by molar-refractivity contribution is 7.80. The first-order valence-electron chi connectivity index (χ1n) is 9.75. The van der Waals surface area contributed by atoms with Gasteiger partial charge in [-0.05, 0) is 35.5 Å². The van der Waals surface area contributed by atoms with Crippen LogP contribution in [0.15, 0.2) is 67.0 Å². The number of anilines is 1. The predicted molar refractivity (Wildman–Crippen MR) is 122 cm³/mol. The Labute approximate surface area is 181 Å². The van der Waals surface area contributed by atoms with E-state index in [0.717, 1.165) is 55.1 Å². The van der Waals surface area contributed by atoms with Crippen LogP contribution in [0.1, 0.15) is 11.1 Å². The van der Waals surface area contributed by atoms with Crippen molar-refractivity contribution in [3.63, 3.8) is 0 Å². The van der Waals surface area contributed by atoms with Crippen LogP contribution in [-0.2, 0) is 13.1 Å². The average Bonchev–Trinajstić information content (AvgIpc) is 3.16. The van der Waals surface area contributed by atoms with E-state index in [0.29, 0.717) is 0 Å². The lowest BCUT2D eigenvalue weighted by Gasteiger charge is -2.36. The maximum Gasteiger partial charge on any atom is 0.173 e. The fraction of sp³-hybridized carbons (Fsp3) is 0.273. The number of hydrogen-bond acceptors (Lipinski definition) is 3. The van der Waals surface area contributed by atoms with Crippen molar-refractivity contribution in [1.29, 1.82) is 0 Å². The van der Waals surface area contributed by atoms with Crippen LogP contribution in [0.2, 0.25) is 5.02 Å². The van der Waals surface area contributed by atoms with Gasteiger partial charge in [-0.3, -0.25) is 9.58 Å². The lowest BCUT2D eigenvalue weighted by atomic mass is 10.2. The standard InChI is InChI=1S/C22H24ClN5S/c23-20-8-4-7-19(13-20)15-26-9-11-27(12-10-26)22(29)25-21-14-24-28(17-21)16-18-5-2-1-3-6-18/h1-8,13-14,17H,9-12,15-16H2,(H,25,29). The zero-order valence-corrected chi connectivity index (χ0v) is 17.7. The van der Waals surface area contributed by atoms with E-state index >= 15 is 0 Å². The van der Waals surface area contributed by atoms with Crippen LogP contribution in [0, 0.1) is 0 Å². The van der Waals surface area contributed by atoms with Gasteiger partial charge < -0.3 is 10.2 Å². The summed E-state index contributed by atoms with van der Waals surface area (Å²) in [5, 5.41) is 9.31. The van der Waals surface area contributed by atoms with Crippen molar-refractivity contribution in [2.24, 2.45) is 0 Å². The second-order valence-electron chi connectivity index (χ2n) is 7.24. The van der Waals surface area contributed by atoms with Gasteiger partial charge in [-0.2, -0.15) is 5.10 Å². The molecule has 1 fully saturated rings. The minimum Gasteiger partial charge on any atom is -0.346 e. The molecule has 7 heteroatoms. The van der Waals surface area contributed by atoms with E-state index in [2.05, 4.69) is 38.4 Å². The monoisotopic (exact) mass is 425 g/mol. The Morgan fingerprint density at radius 1 is 0.966 bits per heavy atom. The lowest BCUT2D eigenvalue weighted by molar-refractivity contribution is 0.177. The molecule has 1 aromatic heterocycles. The number of halogens is 1. The Balaban J connectivity index is 1.26. The molecule has 5 nitrogen and oxygen atoms in total. The molecular weight excluding hydrogens is 402 g/mol. The smallest absolute Gasteiger partial charge is 0.173 e. The van der Waals surface area contributed by atoms with Gasteiger partial charge in [0.05, 0.1) is 18.4 Å². The summed E-state index contributed by atoms with van der Waals surface area (Å²) < 4.78 is 1.92. The average molecular weight is 426 g/mol. The van der Waals surface area contributed by atoms with Gasteiger partial charge in [0.15, 0.2) is 5.11 Å². The number of hydrogen-bond donors (Lipinski definition) is 1. The predicted octanol–water partition coefficient (Wildman–Crippen LogP) is 4.10. The highest BCUT2D eigenvalue weighted by Crippen LogP contribution is 2.15. The number of benzene rings is 2. The molecule has 1 aliphatic rings. The van der Waals surface area contributed by atoms with Crippen molar-refractivity contribution in [3.8, 4) is 0 Å². The Morgan fingerprint density at radius 2 is 1.72 bits per heavy atom. The fourth-order valence-electron chi connectivity index (χ4n) is 3.49. The number of thiocarbonyl (C=S) groups is 1. The van der Waals surface area contributed by atoms with Crippen molar-refractivity contribution in [2.75, 3.05) is 31.5 Å². The minimum absolute atomic E-state index is 0.747. The van der Waals surface area contributed by atoms with E-state index in [9.17, 15) is 0 Å². The summed E-state index contributed by atoms with van der Waals surface area (Å²) >= 11 is 11.7. The van der Waals surface area contributed by atoms with Crippen LogP contribution in [0.4, 0.5) is 5.69 Å². The zero-order valence-electron chi connectivity index (χ0n) is 16.2. The van der Waals surface area contributed by atoms with Gasteiger partial charge >= 0.3 is 0 Å². The summed E-state index contributed by atoms with van der Waals surface area (Å²) in [5.74, 6) is 0. The molecule has 0 spiro atoms. The zero-order chi connectivity index (χ0) is 20.1. The number of rotatable bonds is 5. The molecule has 2 heterocycles. The fourth-order valence-corrected chi connectivity index (χ4v) is 4.00. The molecule has 2 aromatic carbocycles. The summed E-state index contributed by atoms with van der Waals surface area (Å²) in [7, 11) is 0. The van der Waals surface area contributed by atoms with Crippen LogP contribution in [-0.4, -0.2) is 50.9 Å². The van der Waals surface area contributed by atoms with Gasteiger partial charge in [0.1, 0.15) is 0 Å². The molecule has 3 aromatic rings. The minimum atomic E-state index is 0.747. The van der Waals surface area contributed by atoms with E-state index in [-0.39, 0.29) is 0 Å². The molecule has 4 rings (SSSR count). The molecule has 0 unspecified atom stereocenters. The molecule has 0 saturated carbocycles. The van der Waals surface area contributed by atoms with E-state index in [1.807, 2.05) is 53.5 Å². The van der Waals surface area contributed by atoms with Crippen molar-refractivity contribution in [3.05, 3.63) is 83.1 Å². The molecule has 1 aliphatic heterocycles. The number of nitrogens with one attached hydrogen (secondary N) is 1. The van der Waals surface area contributed by atoms with Crippen molar-refractivity contribution < 1.29 is 0 Å². The SMILES string of the molecule is S=C(Nc1cnn(Cc2ccccc2)c1)N1CCN(Cc2cccc(Cl)c2)CC1. The second-order valence-corrected chi connectivity index (χ2v) is 8.06. The van der Waals surface area contributed by atoms with Crippen LogP contribution < -0.4 is 5.32 Å². The van der Waals surface area contributed by atoms with Gasteiger partial charge in [-0.25, -0.2) is 0 Å². The third-order valence-corrected chi connectivity index (χ3v) is 5.62. The second kappa shape index (κ2) is 9.39. The summed E-state index contributed by atoms with van der Waals surface area (Å²) in [5.41, 5.74) is 3.39. The van der Waals surface area contributed by atoms with Crippen molar-refractivity contribution in [1.82, 2.24) is 19.6 Å². The third-order valence-electron chi connectivity index (χ3n) is 5.03. The summed E-state index contributed by atoms with van der Waals surface area (Å²) in [4.78, 5) is 4.65. The van der Waals surface area contributed by atoms with Gasteiger partial charge in [0.25, 0.3) is 0 Å². The van der Waals surface area contributed by atoms with Crippen LogP contribution in [0.3, 0.4) is 0 Å². The van der Waals surface area contributed by atoms with E-state index in [4.69, 9.17) is 23.8 Å². The number of aromatic nitrogens is 2. The van der Waals surface area contributed by atoms with Gasteiger partial charge in [0, 0.05) is 43.9 Å².